The van der Waals surface area contributed by atoms with E-state index in [9.17, 15) is 21.6 Å². The van der Waals surface area contributed by atoms with E-state index < -0.39 is 21.8 Å². The van der Waals surface area contributed by atoms with E-state index in [-0.39, 0.29) is 16.2 Å². The molecule has 11 heteroatoms. The van der Waals surface area contributed by atoms with E-state index in [1.54, 1.807) is 32.0 Å². The zero-order valence-corrected chi connectivity index (χ0v) is 17.7. The molecule has 0 atom stereocenters. The van der Waals surface area contributed by atoms with Crippen LogP contribution in [0.1, 0.15) is 17.0 Å². The van der Waals surface area contributed by atoms with Gasteiger partial charge >= 0.3 is 6.18 Å². The summed E-state index contributed by atoms with van der Waals surface area (Å²) in [6.07, 6.45) is -4.47. The average molecular weight is 462 g/mol. The summed E-state index contributed by atoms with van der Waals surface area (Å²) >= 11 is 0. The van der Waals surface area contributed by atoms with Crippen molar-refractivity contribution in [2.24, 2.45) is 0 Å². The SMILES string of the molecule is Cc1cc(Nc2ccc(S(=O)(=O)Nc3cc(C)on3)cc2)c2ccc(C(F)(F)F)cc2n1. The number of rotatable bonds is 5. The number of benzene rings is 2. The molecule has 4 aromatic rings. The number of alkyl halides is 3. The van der Waals surface area contributed by atoms with Crippen LogP contribution in [-0.4, -0.2) is 18.6 Å². The van der Waals surface area contributed by atoms with Gasteiger partial charge in [-0.2, -0.15) is 13.2 Å². The Morgan fingerprint density at radius 1 is 0.969 bits per heavy atom. The Balaban J connectivity index is 1.61. The fourth-order valence-electron chi connectivity index (χ4n) is 3.12. The van der Waals surface area contributed by atoms with Crippen LogP contribution >= 0.6 is 0 Å². The molecule has 0 radical (unpaired) electrons. The Kier molecular flexibility index (Phi) is 5.29. The quantitative estimate of drug-likeness (QED) is 0.412. The summed E-state index contributed by atoms with van der Waals surface area (Å²) in [4.78, 5) is 4.21. The van der Waals surface area contributed by atoms with E-state index in [1.807, 2.05) is 0 Å². The summed E-state index contributed by atoms with van der Waals surface area (Å²) in [5.74, 6) is 0.533. The lowest BCUT2D eigenvalue weighted by atomic mass is 10.1. The van der Waals surface area contributed by atoms with Crippen molar-refractivity contribution in [3.05, 3.63) is 71.6 Å². The second kappa shape index (κ2) is 7.83. The zero-order chi connectivity index (χ0) is 23.1. The maximum absolute atomic E-state index is 13.0. The molecule has 0 saturated heterocycles. The number of fused-ring (bicyclic) bond motifs is 1. The first kappa shape index (κ1) is 21.6. The Morgan fingerprint density at radius 2 is 1.69 bits per heavy atom. The van der Waals surface area contributed by atoms with Gasteiger partial charge in [0, 0.05) is 28.5 Å². The van der Waals surface area contributed by atoms with Crippen LogP contribution < -0.4 is 10.0 Å². The van der Waals surface area contributed by atoms with Gasteiger partial charge < -0.3 is 9.84 Å². The van der Waals surface area contributed by atoms with Gasteiger partial charge in [-0.05, 0) is 56.3 Å². The molecule has 0 bridgehead atoms. The highest BCUT2D eigenvalue weighted by Gasteiger charge is 2.30. The molecule has 0 spiro atoms. The highest BCUT2D eigenvalue weighted by Crippen LogP contribution is 2.34. The van der Waals surface area contributed by atoms with Crippen LogP contribution in [0.2, 0.25) is 0 Å². The summed E-state index contributed by atoms with van der Waals surface area (Å²) in [6.45, 7) is 3.32. The van der Waals surface area contributed by atoms with Crippen LogP contribution in [0.4, 0.5) is 30.4 Å². The van der Waals surface area contributed by atoms with Gasteiger partial charge in [0.15, 0.2) is 5.82 Å². The van der Waals surface area contributed by atoms with Gasteiger partial charge in [0.05, 0.1) is 16.0 Å². The smallest absolute Gasteiger partial charge is 0.360 e. The topological polar surface area (TPSA) is 97.1 Å². The first-order valence-corrected chi connectivity index (χ1v) is 10.8. The van der Waals surface area contributed by atoms with Gasteiger partial charge in [-0.15, -0.1) is 0 Å². The van der Waals surface area contributed by atoms with Crippen molar-refractivity contribution < 1.29 is 26.1 Å². The number of aromatic nitrogens is 2. The number of nitrogens with zero attached hydrogens (tertiary/aromatic N) is 2. The molecular formula is C21H17F3N4O3S. The predicted molar refractivity (Wildman–Crippen MR) is 113 cm³/mol. The molecular weight excluding hydrogens is 445 g/mol. The van der Waals surface area contributed by atoms with Gasteiger partial charge in [-0.1, -0.05) is 11.2 Å². The molecule has 0 saturated carbocycles. The number of halogens is 3. The van der Waals surface area contributed by atoms with Crippen molar-refractivity contribution >= 4 is 38.1 Å². The zero-order valence-electron chi connectivity index (χ0n) is 16.9. The van der Waals surface area contributed by atoms with Crippen molar-refractivity contribution in [2.45, 2.75) is 24.9 Å². The van der Waals surface area contributed by atoms with Gasteiger partial charge in [0.25, 0.3) is 10.0 Å². The lowest BCUT2D eigenvalue weighted by Crippen LogP contribution is -2.13. The average Bonchev–Trinajstić information content (AvgIpc) is 3.11. The van der Waals surface area contributed by atoms with E-state index >= 15 is 0 Å². The van der Waals surface area contributed by atoms with Crippen LogP contribution in [0, 0.1) is 13.8 Å². The lowest BCUT2D eigenvalue weighted by molar-refractivity contribution is -0.137. The molecule has 0 aliphatic carbocycles. The highest BCUT2D eigenvalue weighted by molar-refractivity contribution is 7.92. The van der Waals surface area contributed by atoms with Gasteiger partial charge in [-0.3, -0.25) is 9.71 Å². The molecule has 0 amide bonds. The second-order valence-electron chi connectivity index (χ2n) is 7.12. The molecule has 2 N–H and O–H groups in total. The Bertz CT molecular complexity index is 1400. The maximum Gasteiger partial charge on any atom is 0.416 e. The van der Waals surface area contributed by atoms with Crippen molar-refractivity contribution in [1.29, 1.82) is 0 Å². The summed E-state index contributed by atoms with van der Waals surface area (Å²) in [6, 6.07) is 12.4. The number of nitrogens with one attached hydrogen (secondary N) is 2. The van der Waals surface area contributed by atoms with Crippen LogP contribution in [0.5, 0.6) is 0 Å². The molecule has 4 rings (SSSR count). The van der Waals surface area contributed by atoms with Gasteiger partial charge in [0.1, 0.15) is 5.76 Å². The minimum Gasteiger partial charge on any atom is -0.360 e. The monoisotopic (exact) mass is 462 g/mol. The molecule has 2 aromatic heterocycles. The summed E-state index contributed by atoms with van der Waals surface area (Å²) in [5.41, 5.74) is 1.05. The molecule has 2 heterocycles. The molecule has 0 aliphatic heterocycles. The molecule has 0 aliphatic rings. The van der Waals surface area contributed by atoms with Gasteiger partial charge in [0.2, 0.25) is 0 Å². The first-order valence-electron chi connectivity index (χ1n) is 9.33. The Morgan fingerprint density at radius 3 is 2.31 bits per heavy atom. The number of aryl methyl sites for hydroxylation is 2. The molecule has 2 aromatic carbocycles. The third kappa shape index (κ3) is 4.52. The number of hydrogen-bond acceptors (Lipinski definition) is 6. The summed E-state index contributed by atoms with van der Waals surface area (Å²) in [5, 5.41) is 7.22. The van der Waals surface area contributed by atoms with Crippen LogP contribution in [0.25, 0.3) is 10.9 Å². The minimum absolute atomic E-state index is 0.00860. The lowest BCUT2D eigenvalue weighted by Gasteiger charge is -2.13. The van der Waals surface area contributed by atoms with Crippen LogP contribution in [0.15, 0.2) is 64.0 Å². The maximum atomic E-state index is 13.0. The minimum atomic E-state index is -4.47. The Labute approximate surface area is 181 Å². The van der Waals surface area contributed by atoms with Crippen LogP contribution in [0.3, 0.4) is 0 Å². The number of sulfonamides is 1. The third-order valence-corrected chi connectivity index (χ3v) is 5.95. The van der Waals surface area contributed by atoms with Crippen LogP contribution in [-0.2, 0) is 16.2 Å². The summed E-state index contributed by atoms with van der Waals surface area (Å²) < 4.78 is 71.3. The molecule has 0 fully saturated rings. The van der Waals surface area contributed by atoms with E-state index in [2.05, 4.69) is 20.2 Å². The fraction of sp³-hybridized carbons (Fsp3) is 0.143. The van der Waals surface area contributed by atoms with E-state index in [0.717, 1.165) is 12.1 Å². The largest absolute Gasteiger partial charge is 0.416 e. The molecule has 166 valence electrons. The van der Waals surface area contributed by atoms with E-state index in [1.165, 1.54) is 24.3 Å². The van der Waals surface area contributed by atoms with E-state index in [0.29, 0.717) is 28.2 Å². The number of hydrogen-bond donors (Lipinski definition) is 2. The highest BCUT2D eigenvalue weighted by atomic mass is 32.2. The van der Waals surface area contributed by atoms with Gasteiger partial charge in [-0.25, -0.2) is 8.42 Å². The number of pyridine rings is 1. The fourth-order valence-corrected chi connectivity index (χ4v) is 4.11. The van der Waals surface area contributed by atoms with Crippen molar-refractivity contribution in [2.75, 3.05) is 10.0 Å². The summed E-state index contributed by atoms with van der Waals surface area (Å²) in [7, 11) is -3.87. The molecule has 32 heavy (non-hydrogen) atoms. The first-order chi connectivity index (χ1) is 15.0. The normalized spacial score (nSPS) is 12.2. The van der Waals surface area contributed by atoms with Crippen molar-refractivity contribution in [3.63, 3.8) is 0 Å². The predicted octanol–water partition coefficient (Wildman–Crippen LogP) is 5.40. The molecule has 7 nitrogen and oxygen atoms in total. The third-order valence-electron chi connectivity index (χ3n) is 4.58. The van der Waals surface area contributed by atoms with Crippen molar-refractivity contribution in [3.8, 4) is 0 Å². The van der Waals surface area contributed by atoms with E-state index in [4.69, 9.17) is 4.52 Å². The number of anilines is 3. The second-order valence-corrected chi connectivity index (χ2v) is 8.80. The van der Waals surface area contributed by atoms with Crippen molar-refractivity contribution in [1.82, 2.24) is 10.1 Å². The molecule has 0 unspecified atom stereocenters. The standard InChI is InChI=1S/C21H17F3N4O3S/c1-12-9-18(17-8-3-14(21(22,23)24)11-19(17)25-12)26-15-4-6-16(7-5-15)32(29,30)28-20-10-13(2)31-27-20/h3-11H,1-2H3,(H,25,26)(H,27,28). The Hall–Kier alpha value is -3.60.